The minimum atomic E-state index is -0.901. The van der Waals surface area contributed by atoms with Crippen LogP contribution in [0.15, 0.2) is 55.0 Å². The number of carbonyl (C=O) groups is 2. The summed E-state index contributed by atoms with van der Waals surface area (Å²) < 4.78 is 1.75. The maximum Gasteiger partial charge on any atom is 0.303 e. The summed E-state index contributed by atoms with van der Waals surface area (Å²) in [5, 5.41) is 25.0. The first-order valence-electron chi connectivity index (χ1n) is 8.28. The van der Waals surface area contributed by atoms with Crippen LogP contribution in [-0.4, -0.2) is 41.7 Å². The van der Waals surface area contributed by atoms with Crippen molar-refractivity contribution in [2.75, 3.05) is 0 Å². The van der Waals surface area contributed by atoms with E-state index in [2.05, 4.69) is 15.2 Å². The van der Waals surface area contributed by atoms with E-state index < -0.39 is 11.8 Å². The quantitative estimate of drug-likeness (QED) is 0.320. The van der Waals surface area contributed by atoms with Gasteiger partial charge in [0.1, 0.15) is 6.33 Å². The number of nitrogens with one attached hydrogen (secondary N) is 1. The Kier molecular flexibility index (Phi) is 5.46. The van der Waals surface area contributed by atoms with Gasteiger partial charge in [-0.1, -0.05) is 30.3 Å². The molecule has 3 aromatic rings. The van der Waals surface area contributed by atoms with Crippen molar-refractivity contribution in [3.63, 3.8) is 0 Å². The molecule has 2 aromatic heterocycles. The number of ketones is 1. The second kappa shape index (κ2) is 8.13. The molecule has 0 atom stereocenters. The summed E-state index contributed by atoms with van der Waals surface area (Å²) in [6.45, 7) is 0.450. The molecule has 0 saturated heterocycles. The van der Waals surface area contributed by atoms with Crippen molar-refractivity contribution in [1.82, 2.24) is 19.7 Å². The molecule has 8 nitrogen and oxygen atoms in total. The summed E-state index contributed by atoms with van der Waals surface area (Å²) in [4.78, 5) is 27.3. The highest BCUT2D eigenvalue weighted by atomic mass is 16.4. The van der Waals surface area contributed by atoms with E-state index >= 15 is 0 Å². The first kappa shape index (κ1) is 18.1. The van der Waals surface area contributed by atoms with Crippen LogP contribution in [0.2, 0.25) is 0 Å². The zero-order valence-corrected chi connectivity index (χ0v) is 14.4. The minimum absolute atomic E-state index is 0.0257. The molecule has 27 heavy (non-hydrogen) atoms. The number of aliphatic hydroxyl groups is 1. The summed E-state index contributed by atoms with van der Waals surface area (Å²) >= 11 is 0. The van der Waals surface area contributed by atoms with E-state index in [4.69, 9.17) is 5.11 Å². The van der Waals surface area contributed by atoms with Gasteiger partial charge in [-0.25, -0.2) is 4.98 Å². The molecule has 0 radical (unpaired) electrons. The number of carboxylic acids is 1. The van der Waals surface area contributed by atoms with Gasteiger partial charge in [0.25, 0.3) is 0 Å². The number of carbonyl (C=O) groups excluding carboxylic acids is 1. The Morgan fingerprint density at radius 3 is 2.59 bits per heavy atom. The van der Waals surface area contributed by atoms with Crippen molar-refractivity contribution in [2.24, 2.45) is 0 Å². The molecule has 0 fully saturated rings. The molecule has 2 heterocycles. The van der Waals surface area contributed by atoms with Crippen LogP contribution in [-0.2, 0) is 17.8 Å². The van der Waals surface area contributed by atoms with Gasteiger partial charge in [-0.3, -0.25) is 14.7 Å². The second-order valence-electron chi connectivity index (χ2n) is 5.97. The van der Waals surface area contributed by atoms with Crippen LogP contribution in [0, 0.1) is 0 Å². The standard InChI is InChI=1S/C19H18N4O4/c24-16(9-17(25)19-20-12-21-22-19)15-8-14(6-7-18(26)27)11-23(15)10-13-4-2-1-3-5-13/h1-5,8-9,11-12,25H,6-7,10H2,(H,26,27)(H,20,21,22)/b17-9+. The molecule has 0 saturated carbocycles. The number of H-pyrrole nitrogens is 1. The molecule has 1 aromatic carbocycles. The normalized spacial score (nSPS) is 11.5. The van der Waals surface area contributed by atoms with Gasteiger partial charge >= 0.3 is 5.97 Å². The van der Waals surface area contributed by atoms with Crippen LogP contribution in [0.3, 0.4) is 0 Å². The number of aryl methyl sites for hydroxylation is 1. The summed E-state index contributed by atoms with van der Waals surface area (Å²) in [6.07, 6.45) is 4.35. The van der Waals surface area contributed by atoms with Crippen LogP contribution >= 0.6 is 0 Å². The monoisotopic (exact) mass is 366 g/mol. The Labute approximate surface area is 154 Å². The SMILES string of the molecule is O=C(O)CCc1cc(C(=O)/C=C(/O)c2ncn[nH]2)n(Cc2ccccc2)c1. The number of aliphatic hydroxyl groups excluding tert-OH is 1. The van der Waals surface area contributed by atoms with Gasteiger partial charge < -0.3 is 14.8 Å². The van der Waals surface area contributed by atoms with Crippen LogP contribution in [0.25, 0.3) is 5.76 Å². The highest BCUT2D eigenvalue weighted by molar-refractivity contribution is 6.06. The molecule has 8 heteroatoms. The average Bonchev–Trinajstić information content (AvgIpc) is 3.31. The fourth-order valence-electron chi connectivity index (χ4n) is 2.67. The lowest BCUT2D eigenvalue weighted by molar-refractivity contribution is -0.136. The second-order valence-corrected chi connectivity index (χ2v) is 5.97. The third-order valence-corrected chi connectivity index (χ3v) is 3.95. The Balaban J connectivity index is 1.90. The zero-order chi connectivity index (χ0) is 19.2. The number of aliphatic carboxylic acids is 1. The largest absolute Gasteiger partial charge is 0.504 e. The predicted molar refractivity (Wildman–Crippen MR) is 97.3 cm³/mol. The average molecular weight is 366 g/mol. The lowest BCUT2D eigenvalue weighted by Crippen LogP contribution is -2.08. The number of aromatic nitrogens is 4. The van der Waals surface area contributed by atoms with E-state index in [-0.39, 0.29) is 18.0 Å². The third-order valence-electron chi connectivity index (χ3n) is 3.95. The van der Waals surface area contributed by atoms with Crippen molar-refractivity contribution in [3.05, 3.63) is 77.6 Å². The molecule has 0 bridgehead atoms. The lowest BCUT2D eigenvalue weighted by atomic mass is 10.1. The van der Waals surface area contributed by atoms with E-state index in [0.29, 0.717) is 18.7 Å². The maximum atomic E-state index is 12.7. The summed E-state index contributed by atoms with van der Waals surface area (Å²) in [5.74, 6) is -1.55. The predicted octanol–water partition coefficient (Wildman–Crippen LogP) is 2.45. The first-order chi connectivity index (χ1) is 13.0. The fourth-order valence-corrected chi connectivity index (χ4v) is 2.67. The zero-order valence-electron chi connectivity index (χ0n) is 14.4. The number of hydrogen-bond donors (Lipinski definition) is 3. The van der Waals surface area contributed by atoms with Gasteiger partial charge in [-0.2, -0.15) is 5.10 Å². The number of benzene rings is 1. The molecule has 0 unspecified atom stereocenters. The molecule has 0 amide bonds. The highest BCUT2D eigenvalue weighted by Crippen LogP contribution is 2.16. The summed E-state index contributed by atoms with van der Waals surface area (Å²) in [7, 11) is 0. The van der Waals surface area contributed by atoms with Crippen molar-refractivity contribution in [2.45, 2.75) is 19.4 Å². The molecular formula is C19H18N4O4. The third kappa shape index (κ3) is 4.69. The molecule has 138 valence electrons. The van der Waals surface area contributed by atoms with Crippen LogP contribution in [0.1, 0.15) is 33.9 Å². The molecular weight excluding hydrogens is 348 g/mol. The smallest absolute Gasteiger partial charge is 0.303 e. The van der Waals surface area contributed by atoms with Gasteiger partial charge in [0.05, 0.1) is 5.69 Å². The van der Waals surface area contributed by atoms with Crippen LogP contribution in [0.4, 0.5) is 0 Å². The number of hydrogen-bond acceptors (Lipinski definition) is 5. The molecule has 0 aliphatic rings. The fraction of sp³-hybridized carbons (Fsp3) is 0.158. The van der Waals surface area contributed by atoms with E-state index in [0.717, 1.165) is 17.2 Å². The first-order valence-corrected chi connectivity index (χ1v) is 8.28. The van der Waals surface area contributed by atoms with Crippen LogP contribution in [0.5, 0.6) is 0 Å². The van der Waals surface area contributed by atoms with Crippen molar-refractivity contribution in [3.8, 4) is 0 Å². The summed E-state index contributed by atoms with van der Waals surface area (Å²) in [5.41, 5.74) is 2.09. The van der Waals surface area contributed by atoms with Gasteiger partial charge in [0.15, 0.2) is 11.6 Å². The topological polar surface area (TPSA) is 121 Å². The van der Waals surface area contributed by atoms with Crippen molar-refractivity contribution < 1.29 is 19.8 Å². The van der Waals surface area contributed by atoms with Crippen molar-refractivity contribution in [1.29, 1.82) is 0 Å². The number of nitrogens with zero attached hydrogens (tertiary/aromatic N) is 3. The highest BCUT2D eigenvalue weighted by Gasteiger charge is 2.15. The Hall–Kier alpha value is -3.68. The number of carboxylic acid groups (broad SMARTS) is 1. The number of rotatable bonds is 8. The molecule has 3 N–H and O–H groups in total. The van der Waals surface area contributed by atoms with Gasteiger partial charge in [-0.15, -0.1) is 0 Å². The molecule has 3 rings (SSSR count). The molecule has 0 aliphatic heterocycles. The Morgan fingerprint density at radius 2 is 1.93 bits per heavy atom. The van der Waals surface area contributed by atoms with E-state index in [1.807, 2.05) is 30.3 Å². The minimum Gasteiger partial charge on any atom is -0.504 e. The Morgan fingerprint density at radius 1 is 1.15 bits per heavy atom. The van der Waals surface area contributed by atoms with E-state index in [1.165, 1.54) is 6.33 Å². The van der Waals surface area contributed by atoms with E-state index in [1.54, 1.807) is 16.8 Å². The molecule has 0 spiro atoms. The number of allylic oxidation sites excluding steroid dienone is 1. The maximum absolute atomic E-state index is 12.7. The number of aromatic amines is 1. The Bertz CT molecular complexity index is 959. The molecule has 0 aliphatic carbocycles. The van der Waals surface area contributed by atoms with Gasteiger partial charge in [0.2, 0.25) is 5.78 Å². The van der Waals surface area contributed by atoms with Gasteiger partial charge in [0, 0.05) is 25.2 Å². The summed E-state index contributed by atoms with van der Waals surface area (Å²) in [6, 6.07) is 11.2. The lowest BCUT2D eigenvalue weighted by Gasteiger charge is -2.07. The van der Waals surface area contributed by atoms with E-state index in [9.17, 15) is 14.7 Å². The van der Waals surface area contributed by atoms with Crippen LogP contribution < -0.4 is 0 Å². The van der Waals surface area contributed by atoms with Crippen molar-refractivity contribution >= 4 is 17.5 Å². The van der Waals surface area contributed by atoms with Gasteiger partial charge in [-0.05, 0) is 23.6 Å².